The third-order valence-electron chi connectivity index (χ3n) is 5.36. The molecule has 0 aromatic heterocycles. The molecule has 1 amide bonds. The summed E-state index contributed by atoms with van der Waals surface area (Å²) < 4.78 is 59.4. The van der Waals surface area contributed by atoms with Crippen molar-refractivity contribution in [1.29, 1.82) is 0 Å². The fraction of sp³-hybridized carbons (Fsp3) is 0.350. The van der Waals surface area contributed by atoms with Crippen LogP contribution in [0.5, 0.6) is 0 Å². The highest BCUT2D eigenvalue weighted by atomic mass is 32.2. The Balaban J connectivity index is 1.58. The molecule has 154 valence electrons. The normalized spacial score (nSPS) is 19.0. The zero-order valence-corrected chi connectivity index (χ0v) is 16.3. The SMILES string of the molecule is O=C(Nc1ccc(F)c(S(=O)(=O)N2CCOCC2)c1)C1(c2ccc(F)cc2)CC1. The second-order valence-corrected chi connectivity index (χ2v) is 9.11. The summed E-state index contributed by atoms with van der Waals surface area (Å²) >= 11 is 0. The van der Waals surface area contributed by atoms with Crippen LogP contribution < -0.4 is 5.32 Å². The van der Waals surface area contributed by atoms with Crippen molar-refractivity contribution in [3.63, 3.8) is 0 Å². The molecule has 1 heterocycles. The van der Waals surface area contributed by atoms with Crippen molar-refractivity contribution in [3.05, 3.63) is 59.7 Å². The molecule has 2 aromatic rings. The van der Waals surface area contributed by atoms with Gasteiger partial charge in [-0.15, -0.1) is 0 Å². The second-order valence-electron chi connectivity index (χ2n) is 7.20. The van der Waals surface area contributed by atoms with Gasteiger partial charge in [-0.3, -0.25) is 4.79 Å². The molecule has 6 nitrogen and oxygen atoms in total. The molecule has 29 heavy (non-hydrogen) atoms. The van der Waals surface area contributed by atoms with Crippen LogP contribution in [-0.4, -0.2) is 44.9 Å². The van der Waals surface area contributed by atoms with Crippen molar-refractivity contribution < 1.29 is 26.7 Å². The van der Waals surface area contributed by atoms with Gasteiger partial charge in [-0.25, -0.2) is 17.2 Å². The largest absolute Gasteiger partial charge is 0.379 e. The molecule has 1 saturated carbocycles. The van der Waals surface area contributed by atoms with Crippen LogP contribution >= 0.6 is 0 Å². The van der Waals surface area contributed by atoms with E-state index < -0.39 is 26.2 Å². The summed E-state index contributed by atoms with van der Waals surface area (Å²) in [4.78, 5) is 12.4. The summed E-state index contributed by atoms with van der Waals surface area (Å²) in [6.07, 6.45) is 1.20. The average molecular weight is 422 g/mol. The third kappa shape index (κ3) is 3.77. The van der Waals surface area contributed by atoms with Gasteiger partial charge in [0.15, 0.2) is 0 Å². The number of rotatable bonds is 5. The van der Waals surface area contributed by atoms with E-state index >= 15 is 0 Å². The molecule has 1 aliphatic heterocycles. The van der Waals surface area contributed by atoms with Crippen molar-refractivity contribution >= 4 is 21.6 Å². The second kappa shape index (κ2) is 7.47. The van der Waals surface area contributed by atoms with Gasteiger partial charge in [0.25, 0.3) is 0 Å². The molecule has 2 aliphatic rings. The van der Waals surface area contributed by atoms with Gasteiger partial charge in [0.1, 0.15) is 16.5 Å². The fourth-order valence-corrected chi connectivity index (χ4v) is 4.99. The van der Waals surface area contributed by atoms with Gasteiger partial charge in [-0.2, -0.15) is 4.31 Å². The lowest BCUT2D eigenvalue weighted by Gasteiger charge is -2.26. The predicted molar refractivity (Wildman–Crippen MR) is 102 cm³/mol. The minimum Gasteiger partial charge on any atom is -0.379 e. The smallest absolute Gasteiger partial charge is 0.246 e. The van der Waals surface area contributed by atoms with Crippen LogP contribution in [0.1, 0.15) is 18.4 Å². The Morgan fingerprint density at radius 2 is 1.69 bits per heavy atom. The molecule has 1 aliphatic carbocycles. The van der Waals surface area contributed by atoms with Crippen molar-refractivity contribution in [3.8, 4) is 0 Å². The summed E-state index contributed by atoms with van der Waals surface area (Å²) in [5, 5.41) is 2.69. The number of sulfonamides is 1. The van der Waals surface area contributed by atoms with Crippen LogP contribution in [0, 0.1) is 11.6 Å². The minimum atomic E-state index is -4.04. The molecule has 0 radical (unpaired) electrons. The molecule has 4 rings (SSSR count). The minimum absolute atomic E-state index is 0.145. The van der Waals surface area contributed by atoms with Crippen LogP contribution in [-0.2, 0) is 25.0 Å². The molecule has 0 spiro atoms. The summed E-state index contributed by atoms with van der Waals surface area (Å²) in [7, 11) is -4.04. The van der Waals surface area contributed by atoms with Gasteiger partial charge in [0, 0.05) is 18.8 Å². The Hall–Kier alpha value is -2.36. The van der Waals surface area contributed by atoms with Crippen LogP contribution in [0.25, 0.3) is 0 Å². The first kappa shape index (κ1) is 19.9. The lowest BCUT2D eigenvalue weighted by atomic mass is 9.95. The Labute approximate surface area is 167 Å². The number of hydrogen-bond donors (Lipinski definition) is 1. The zero-order valence-electron chi connectivity index (χ0n) is 15.5. The van der Waals surface area contributed by atoms with E-state index in [4.69, 9.17) is 4.74 Å². The van der Waals surface area contributed by atoms with Crippen molar-refractivity contribution in [2.75, 3.05) is 31.6 Å². The lowest BCUT2D eigenvalue weighted by molar-refractivity contribution is -0.118. The highest BCUT2D eigenvalue weighted by Crippen LogP contribution is 2.49. The van der Waals surface area contributed by atoms with Crippen molar-refractivity contribution in [2.45, 2.75) is 23.2 Å². The van der Waals surface area contributed by atoms with E-state index in [9.17, 15) is 22.0 Å². The van der Waals surface area contributed by atoms with E-state index in [0.717, 1.165) is 12.1 Å². The summed E-state index contributed by atoms with van der Waals surface area (Å²) in [6, 6.07) is 9.23. The quantitative estimate of drug-likeness (QED) is 0.804. The number of halogens is 2. The highest BCUT2D eigenvalue weighted by Gasteiger charge is 2.51. The van der Waals surface area contributed by atoms with Gasteiger partial charge in [0.2, 0.25) is 15.9 Å². The van der Waals surface area contributed by atoms with E-state index in [1.165, 1.54) is 22.5 Å². The zero-order chi connectivity index (χ0) is 20.6. The van der Waals surface area contributed by atoms with Gasteiger partial charge >= 0.3 is 0 Å². The maximum Gasteiger partial charge on any atom is 0.246 e. The third-order valence-corrected chi connectivity index (χ3v) is 7.27. The van der Waals surface area contributed by atoms with Crippen LogP contribution in [0.2, 0.25) is 0 Å². The Morgan fingerprint density at radius 3 is 2.31 bits per heavy atom. The number of anilines is 1. The van der Waals surface area contributed by atoms with Gasteiger partial charge < -0.3 is 10.1 Å². The van der Waals surface area contributed by atoms with E-state index in [-0.39, 0.29) is 43.7 Å². The van der Waals surface area contributed by atoms with Gasteiger partial charge in [0.05, 0.1) is 18.6 Å². The average Bonchev–Trinajstić information content (AvgIpc) is 3.52. The maximum absolute atomic E-state index is 14.3. The lowest BCUT2D eigenvalue weighted by Crippen LogP contribution is -2.41. The van der Waals surface area contributed by atoms with E-state index in [0.29, 0.717) is 18.4 Å². The molecule has 1 N–H and O–H groups in total. The monoisotopic (exact) mass is 422 g/mol. The Bertz CT molecular complexity index is 1030. The molecule has 0 unspecified atom stereocenters. The molecule has 9 heteroatoms. The predicted octanol–water partition coefficient (Wildman–Crippen LogP) is 2.66. The van der Waals surface area contributed by atoms with E-state index in [2.05, 4.69) is 5.32 Å². The molecular weight excluding hydrogens is 402 g/mol. The van der Waals surface area contributed by atoms with E-state index in [1.807, 2.05) is 0 Å². The number of carbonyl (C=O) groups excluding carboxylic acids is 1. The number of carbonyl (C=O) groups is 1. The first-order chi connectivity index (χ1) is 13.8. The Kier molecular flexibility index (Phi) is 5.14. The van der Waals surface area contributed by atoms with Gasteiger partial charge in [-0.1, -0.05) is 12.1 Å². The topological polar surface area (TPSA) is 75.7 Å². The number of nitrogens with zero attached hydrogens (tertiary/aromatic N) is 1. The summed E-state index contributed by atoms with van der Waals surface area (Å²) in [5.74, 6) is -1.60. The number of morpholine rings is 1. The molecular formula is C20H20F2N2O4S. The van der Waals surface area contributed by atoms with E-state index in [1.54, 1.807) is 12.1 Å². The molecule has 2 aromatic carbocycles. The number of ether oxygens (including phenoxy) is 1. The van der Waals surface area contributed by atoms with Crippen molar-refractivity contribution in [1.82, 2.24) is 4.31 Å². The van der Waals surface area contributed by atoms with Crippen molar-refractivity contribution in [2.24, 2.45) is 0 Å². The fourth-order valence-electron chi connectivity index (χ4n) is 3.50. The molecule has 0 atom stereocenters. The molecule has 1 saturated heterocycles. The number of nitrogens with one attached hydrogen (secondary N) is 1. The first-order valence-electron chi connectivity index (χ1n) is 9.28. The summed E-state index contributed by atoms with van der Waals surface area (Å²) in [6.45, 7) is 0.785. The van der Waals surface area contributed by atoms with Crippen LogP contribution in [0.15, 0.2) is 47.4 Å². The molecule has 0 bridgehead atoms. The van der Waals surface area contributed by atoms with Crippen LogP contribution in [0.3, 0.4) is 0 Å². The highest BCUT2D eigenvalue weighted by molar-refractivity contribution is 7.89. The number of benzene rings is 2. The Morgan fingerprint density at radius 1 is 1.03 bits per heavy atom. The van der Waals surface area contributed by atoms with Crippen LogP contribution in [0.4, 0.5) is 14.5 Å². The number of amides is 1. The maximum atomic E-state index is 14.3. The first-order valence-corrected chi connectivity index (χ1v) is 10.7. The number of hydrogen-bond acceptors (Lipinski definition) is 4. The summed E-state index contributed by atoms with van der Waals surface area (Å²) in [5.41, 5.74) is 0.113. The standard InChI is InChI=1S/C20H20F2N2O4S/c21-15-3-1-14(2-4-15)20(7-8-20)19(25)23-16-5-6-17(22)18(13-16)29(26,27)24-9-11-28-12-10-24/h1-6,13H,7-12H2,(H,23,25). The van der Waals surface area contributed by atoms with Gasteiger partial charge in [-0.05, 0) is 48.7 Å². The molecule has 2 fully saturated rings.